The summed E-state index contributed by atoms with van der Waals surface area (Å²) in [5.74, 6) is -3.76. The van der Waals surface area contributed by atoms with Gasteiger partial charge in [-0.2, -0.15) is 13.2 Å². The Morgan fingerprint density at radius 3 is 2.33 bits per heavy atom. The van der Waals surface area contributed by atoms with Crippen molar-refractivity contribution in [2.24, 2.45) is 11.3 Å². The van der Waals surface area contributed by atoms with Crippen LogP contribution in [-0.4, -0.2) is 66.5 Å². The van der Waals surface area contributed by atoms with E-state index in [0.717, 1.165) is 18.2 Å². The number of carbonyl (C=O) groups is 2. The molecule has 0 spiro atoms. The Morgan fingerprint density at radius 1 is 1.07 bits per heavy atom. The molecule has 0 radical (unpaired) electrons. The van der Waals surface area contributed by atoms with Crippen LogP contribution in [0.2, 0.25) is 0 Å². The second-order valence-electron chi connectivity index (χ2n) is 11.5. The van der Waals surface area contributed by atoms with E-state index in [1.165, 1.54) is 19.2 Å². The number of halogens is 4. The van der Waals surface area contributed by atoms with E-state index >= 15 is 0 Å². The molecule has 0 bridgehead atoms. The van der Waals surface area contributed by atoms with E-state index < -0.39 is 73.7 Å². The Labute approximate surface area is 256 Å². The summed E-state index contributed by atoms with van der Waals surface area (Å²) in [7, 11) is -4.42. The van der Waals surface area contributed by atoms with Gasteiger partial charge < -0.3 is 30.1 Å². The molecule has 45 heavy (non-hydrogen) atoms. The number of hydrogen-bond acceptors (Lipinski definition) is 9. The van der Waals surface area contributed by atoms with Gasteiger partial charge in [0, 0.05) is 23.4 Å². The molecule has 2 aromatic carbocycles. The average Bonchev–Trinajstić information content (AvgIpc) is 3.34. The third kappa shape index (κ3) is 7.34. The highest BCUT2D eigenvalue weighted by atomic mass is 32.2. The molecule has 0 aromatic heterocycles. The largest absolute Gasteiger partial charge is 0.501 e. The maximum atomic E-state index is 14.9. The highest BCUT2D eigenvalue weighted by Gasteiger charge is 2.47. The molecular formula is C29H34F4N2O9S. The Hall–Kier alpha value is -3.47. The van der Waals surface area contributed by atoms with Crippen LogP contribution < -0.4 is 20.1 Å². The number of methoxy groups -OCH3 is 1. The number of nitrogens with one attached hydrogen (secondary N) is 2. The summed E-state index contributed by atoms with van der Waals surface area (Å²) in [6.45, 7) is 1.64. The molecule has 5 N–H and O–H groups in total. The van der Waals surface area contributed by atoms with Gasteiger partial charge in [-0.25, -0.2) is 12.8 Å². The van der Waals surface area contributed by atoms with Crippen LogP contribution in [0.25, 0.3) is 0 Å². The van der Waals surface area contributed by atoms with Gasteiger partial charge in [0.15, 0.2) is 11.6 Å². The summed E-state index contributed by atoms with van der Waals surface area (Å²) in [5.41, 5.74) is -6.65. The number of carboxylic acids is 1. The maximum Gasteiger partial charge on any atom is 0.501 e. The number of aliphatic hydroxyl groups is 2. The molecule has 0 aliphatic heterocycles. The Balaban J connectivity index is 1.49. The fourth-order valence-electron chi connectivity index (χ4n) is 5.65. The lowest BCUT2D eigenvalue weighted by Gasteiger charge is -2.34. The Morgan fingerprint density at radius 2 is 1.73 bits per heavy atom. The van der Waals surface area contributed by atoms with Crippen LogP contribution >= 0.6 is 0 Å². The molecule has 4 atom stereocenters. The van der Waals surface area contributed by atoms with Gasteiger partial charge in [-0.15, -0.1) is 0 Å². The van der Waals surface area contributed by atoms with Crippen molar-refractivity contribution in [3.63, 3.8) is 0 Å². The SMILES string of the molecule is COc1cc(F)c(OC2CCC(C)(C(=O)O)CC2)cc1C(O)N[C@H]1[C@@H](C(=O)Nc2cccc(S(=O)(=O)C(F)(F)F)c2)CC[C@@H]1O. The summed E-state index contributed by atoms with van der Waals surface area (Å²) >= 11 is 0. The Bertz CT molecular complexity index is 1530. The standard InChI is InChI=1S/C29H34F4N2O9S/c1-28(27(39)40)10-8-16(9-11-28)44-23-13-19(22(43-2)14-20(23)30)26(38)35-24-18(6-7-21(24)36)25(37)34-15-4-3-5-17(12-15)45(41,42)29(31,32)33/h3-5,12-14,16,18,21,24,26,35-36,38H,6-11H2,1-2H3,(H,34,37)(H,39,40)/t16?,18-,21-,24-,26?,28?/m0/s1. The molecule has 0 saturated heterocycles. The lowest BCUT2D eigenvalue weighted by atomic mass is 9.75. The summed E-state index contributed by atoms with van der Waals surface area (Å²) in [5, 5.41) is 36.3. The maximum absolute atomic E-state index is 14.9. The number of hydrogen-bond donors (Lipinski definition) is 5. The third-order valence-electron chi connectivity index (χ3n) is 8.45. The number of alkyl halides is 3. The first-order valence-corrected chi connectivity index (χ1v) is 15.6. The second-order valence-corrected chi connectivity index (χ2v) is 13.5. The van der Waals surface area contributed by atoms with E-state index in [1.54, 1.807) is 6.92 Å². The minimum Gasteiger partial charge on any atom is -0.496 e. The molecular weight excluding hydrogens is 628 g/mol. The van der Waals surface area contributed by atoms with Crippen molar-refractivity contribution in [2.45, 2.75) is 80.3 Å². The van der Waals surface area contributed by atoms with Gasteiger partial charge >= 0.3 is 11.5 Å². The van der Waals surface area contributed by atoms with Crippen LogP contribution in [-0.2, 0) is 19.4 Å². The number of aliphatic hydroxyl groups excluding tert-OH is 2. The molecule has 2 fully saturated rings. The van der Waals surface area contributed by atoms with E-state index in [0.29, 0.717) is 31.7 Å². The molecule has 4 rings (SSSR count). The number of amides is 1. The number of anilines is 1. The first-order chi connectivity index (χ1) is 21.0. The zero-order valence-electron chi connectivity index (χ0n) is 24.3. The normalized spacial score (nSPS) is 26.2. The van der Waals surface area contributed by atoms with Crippen molar-refractivity contribution >= 4 is 27.4 Å². The fourth-order valence-corrected chi connectivity index (χ4v) is 6.46. The lowest BCUT2D eigenvalue weighted by Crippen LogP contribution is -2.46. The fraction of sp³-hybridized carbons (Fsp3) is 0.517. The lowest BCUT2D eigenvalue weighted by molar-refractivity contribution is -0.150. The Kier molecular flexibility index (Phi) is 10.0. The first-order valence-electron chi connectivity index (χ1n) is 14.1. The summed E-state index contributed by atoms with van der Waals surface area (Å²) in [4.78, 5) is 23.6. The van der Waals surface area contributed by atoms with Gasteiger partial charge in [0.25, 0.3) is 9.84 Å². The highest BCUT2D eigenvalue weighted by molar-refractivity contribution is 7.92. The molecule has 2 aliphatic rings. The van der Waals surface area contributed by atoms with Gasteiger partial charge in [0.05, 0.1) is 35.5 Å². The predicted octanol–water partition coefficient (Wildman–Crippen LogP) is 3.90. The number of sulfone groups is 1. The number of rotatable bonds is 10. The number of benzene rings is 2. The van der Waals surface area contributed by atoms with Gasteiger partial charge in [-0.05, 0) is 69.7 Å². The number of carboxylic acid groups (broad SMARTS) is 1. The van der Waals surface area contributed by atoms with Gasteiger partial charge in [-0.3, -0.25) is 14.9 Å². The van der Waals surface area contributed by atoms with E-state index in [4.69, 9.17) is 9.47 Å². The van der Waals surface area contributed by atoms with Crippen molar-refractivity contribution in [3.8, 4) is 11.5 Å². The van der Waals surface area contributed by atoms with Crippen LogP contribution in [0.5, 0.6) is 11.5 Å². The molecule has 2 aromatic rings. The van der Waals surface area contributed by atoms with Gasteiger partial charge in [0.1, 0.15) is 12.0 Å². The minimum atomic E-state index is -5.66. The first kappa shape index (κ1) is 34.4. The summed E-state index contributed by atoms with van der Waals surface area (Å²) in [6.07, 6.45) is -1.62. The van der Waals surface area contributed by atoms with E-state index in [9.17, 15) is 50.9 Å². The summed E-state index contributed by atoms with van der Waals surface area (Å²) < 4.78 is 88.5. The topological polar surface area (TPSA) is 171 Å². The quantitative estimate of drug-likeness (QED) is 0.186. The molecule has 2 aliphatic carbocycles. The molecule has 2 saturated carbocycles. The van der Waals surface area contributed by atoms with Gasteiger partial charge in [-0.1, -0.05) is 6.07 Å². The molecule has 1 unspecified atom stereocenters. The van der Waals surface area contributed by atoms with E-state index in [1.807, 2.05) is 0 Å². The molecule has 11 nitrogen and oxygen atoms in total. The molecule has 248 valence electrons. The van der Waals surface area contributed by atoms with Crippen molar-refractivity contribution in [2.75, 3.05) is 12.4 Å². The number of aliphatic carboxylic acids is 1. The van der Waals surface area contributed by atoms with Crippen LogP contribution in [0.3, 0.4) is 0 Å². The van der Waals surface area contributed by atoms with Crippen molar-refractivity contribution in [1.82, 2.24) is 5.32 Å². The average molecular weight is 663 g/mol. The predicted molar refractivity (Wildman–Crippen MR) is 151 cm³/mol. The number of ether oxygens (including phenoxy) is 2. The molecule has 16 heteroatoms. The smallest absolute Gasteiger partial charge is 0.496 e. The minimum absolute atomic E-state index is 0.0170. The van der Waals surface area contributed by atoms with E-state index in [2.05, 4.69) is 10.6 Å². The van der Waals surface area contributed by atoms with Crippen LogP contribution in [0.4, 0.5) is 23.2 Å². The van der Waals surface area contributed by atoms with Crippen molar-refractivity contribution < 1.29 is 60.4 Å². The zero-order valence-corrected chi connectivity index (χ0v) is 25.1. The van der Waals surface area contributed by atoms with Crippen molar-refractivity contribution in [1.29, 1.82) is 0 Å². The van der Waals surface area contributed by atoms with E-state index in [-0.39, 0.29) is 35.6 Å². The molecule has 1 amide bonds. The zero-order chi connectivity index (χ0) is 33.3. The second kappa shape index (κ2) is 13.1. The monoisotopic (exact) mass is 662 g/mol. The molecule has 0 heterocycles. The van der Waals surface area contributed by atoms with Crippen LogP contribution in [0.15, 0.2) is 41.3 Å². The third-order valence-corrected chi connectivity index (χ3v) is 9.93. The summed E-state index contributed by atoms with van der Waals surface area (Å²) in [6, 6.07) is 4.78. The van der Waals surface area contributed by atoms with Gasteiger partial charge in [0.2, 0.25) is 5.91 Å². The highest BCUT2D eigenvalue weighted by Crippen LogP contribution is 2.40. The van der Waals surface area contributed by atoms with Crippen LogP contribution in [0.1, 0.15) is 57.2 Å². The van der Waals surface area contributed by atoms with Crippen LogP contribution in [0, 0.1) is 17.2 Å². The van der Waals surface area contributed by atoms with Crippen molar-refractivity contribution in [3.05, 3.63) is 47.8 Å². The number of carbonyl (C=O) groups excluding carboxylic acids is 1.